The first-order chi connectivity index (χ1) is 13.6. The molecule has 148 valence electrons. The van der Waals surface area contributed by atoms with E-state index in [1.54, 1.807) is 17.5 Å². The fourth-order valence-electron chi connectivity index (χ4n) is 4.05. The zero-order valence-corrected chi connectivity index (χ0v) is 17.1. The van der Waals surface area contributed by atoms with Crippen LogP contribution in [-0.2, 0) is 24.2 Å². The van der Waals surface area contributed by atoms with E-state index in [0.29, 0.717) is 12.5 Å². The minimum Gasteiger partial charge on any atom is -0.350 e. The standard InChI is InChI=1S/C22H27N3O2S/c1-15-7-10-25(11-8-15)22(27)20-13-17-12-16(5-6-19(17)28-20)21(26)24-14-18-4-2-3-9-23-18/h2-4,9,13,15-16H,5-8,10-12,14H2,1H3,(H,24,26)/t16-/m0/s1. The highest BCUT2D eigenvalue weighted by atomic mass is 32.1. The van der Waals surface area contributed by atoms with E-state index in [2.05, 4.69) is 17.2 Å². The molecule has 6 heteroatoms. The van der Waals surface area contributed by atoms with Gasteiger partial charge in [0.25, 0.3) is 5.91 Å². The predicted octanol–water partition coefficient (Wildman–Crippen LogP) is 3.44. The van der Waals surface area contributed by atoms with Crippen molar-refractivity contribution in [2.24, 2.45) is 11.8 Å². The highest BCUT2D eigenvalue weighted by Gasteiger charge is 2.29. The summed E-state index contributed by atoms with van der Waals surface area (Å²) in [4.78, 5) is 33.8. The lowest BCUT2D eigenvalue weighted by Crippen LogP contribution is -2.37. The van der Waals surface area contributed by atoms with Crippen LogP contribution in [-0.4, -0.2) is 34.8 Å². The number of thiophene rings is 1. The van der Waals surface area contributed by atoms with Crippen molar-refractivity contribution in [3.63, 3.8) is 0 Å². The summed E-state index contributed by atoms with van der Waals surface area (Å²) in [6, 6.07) is 7.75. The van der Waals surface area contributed by atoms with Gasteiger partial charge in [0, 0.05) is 30.1 Å². The maximum atomic E-state index is 12.8. The molecule has 2 aromatic heterocycles. The third-order valence-corrected chi connectivity index (χ3v) is 7.13. The lowest BCUT2D eigenvalue weighted by atomic mass is 9.87. The van der Waals surface area contributed by atoms with Crippen LogP contribution in [0.4, 0.5) is 0 Å². The molecule has 3 heterocycles. The summed E-state index contributed by atoms with van der Waals surface area (Å²) in [5.41, 5.74) is 2.05. The number of hydrogen-bond acceptors (Lipinski definition) is 4. The molecule has 1 aliphatic carbocycles. The minimum absolute atomic E-state index is 0.0235. The van der Waals surface area contributed by atoms with E-state index in [0.717, 1.165) is 55.8 Å². The van der Waals surface area contributed by atoms with Crippen molar-refractivity contribution in [1.82, 2.24) is 15.2 Å². The average molecular weight is 398 g/mol. The van der Waals surface area contributed by atoms with Crippen LogP contribution in [0.3, 0.4) is 0 Å². The van der Waals surface area contributed by atoms with Crippen LogP contribution in [0.25, 0.3) is 0 Å². The second-order valence-corrected chi connectivity index (χ2v) is 9.15. The van der Waals surface area contributed by atoms with E-state index in [1.807, 2.05) is 29.2 Å². The van der Waals surface area contributed by atoms with Crippen molar-refractivity contribution in [3.05, 3.63) is 51.5 Å². The van der Waals surface area contributed by atoms with E-state index in [4.69, 9.17) is 0 Å². The third-order valence-electron chi connectivity index (χ3n) is 5.91. The summed E-state index contributed by atoms with van der Waals surface area (Å²) in [5, 5.41) is 3.01. The maximum Gasteiger partial charge on any atom is 0.263 e. The first-order valence-corrected chi connectivity index (χ1v) is 11.0. The van der Waals surface area contributed by atoms with Gasteiger partial charge in [0.1, 0.15) is 0 Å². The van der Waals surface area contributed by atoms with Gasteiger partial charge in [0.15, 0.2) is 0 Å². The van der Waals surface area contributed by atoms with Gasteiger partial charge in [-0.2, -0.15) is 0 Å². The molecule has 1 aliphatic heterocycles. The molecule has 0 spiro atoms. The van der Waals surface area contributed by atoms with E-state index in [9.17, 15) is 9.59 Å². The molecule has 1 saturated heterocycles. The minimum atomic E-state index is -0.0235. The van der Waals surface area contributed by atoms with Crippen molar-refractivity contribution < 1.29 is 9.59 Å². The van der Waals surface area contributed by atoms with Crippen molar-refractivity contribution in [2.45, 2.75) is 45.6 Å². The molecule has 4 rings (SSSR count). The third kappa shape index (κ3) is 4.27. The van der Waals surface area contributed by atoms with Gasteiger partial charge in [-0.05, 0) is 61.8 Å². The van der Waals surface area contributed by atoms with E-state index in [-0.39, 0.29) is 17.7 Å². The van der Waals surface area contributed by atoms with Gasteiger partial charge < -0.3 is 10.2 Å². The zero-order valence-electron chi connectivity index (χ0n) is 16.3. The average Bonchev–Trinajstić information content (AvgIpc) is 3.16. The summed E-state index contributed by atoms with van der Waals surface area (Å²) < 4.78 is 0. The van der Waals surface area contributed by atoms with Crippen LogP contribution < -0.4 is 5.32 Å². The summed E-state index contributed by atoms with van der Waals surface area (Å²) in [5.74, 6) is 0.943. The van der Waals surface area contributed by atoms with Gasteiger partial charge >= 0.3 is 0 Å². The molecule has 1 atom stereocenters. The number of amides is 2. The van der Waals surface area contributed by atoms with Gasteiger partial charge in [-0.15, -0.1) is 11.3 Å². The number of rotatable bonds is 4. The van der Waals surface area contributed by atoms with Crippen LogP contribution in [0.5, 0.6) is 0 Å². The highest BCUT2D eigenvalue weighted by Crippen LogP contribution is 2.33. The summed E-state index contributed by atoms with van der Waals surface area (Å²) in [6.45, 7) is 4.44. The van der Waals surface area contributed by atoms with Gasteiger partial charge in [-0.25, -0.2) is 0 Å². The Morgan fingerprint density at radius 3 is 2.82 bits per heavy atom. The number of aromatic nitrogens is 1. The largest absolute Gasteiger partial charge is 0.350 e. The number of carbonyl (C=O) groups is 2. The van der Waals surface area contributed by atoms with Gasteiger partial charge in [0.05, 0.1) is 17.1 Å². The summed E-state index contributed by atoms with van der Waals surface area (Å²) in [7, 11) is 0. The molecule has 0 bridgehead atoms. The van der Waals surface area contributed by atoms with E-state index >= 15 is 0 Å². The Kier molecular flexibility index (Phi) is 5.76. The number of nitrogens with zero attached hydrogens (tertiary/aromatic N) is 2. The normalized spacial score (nSPS) is 19.9. The molecule has 2 aromatic rings. The lowest BCUT2D eigenvalue weighted by Gasteiger charge is -2.29. The topological polar surface area (TPSA) is 62.3 Å². The van der Waals surface area contributed by atoms with Crippen LogP contribution in [0, 0.1) is 11.8 Å². The molecule has 2 amide bonds. The van der Waals surface area contributed by atoms with Crippen LogP contribution >= 0.6 is 11.3 Å². The number of aryl methyl sites for hydroxylation is 1. The van der Waals surface area contributed by atoms with Crippen molar-refractivity contribution in [2.75, 3.05) is 13.1 Å². The molecular weight excluding hydrogens is 370 g/mol. The fraction of sp³-hybridized carbons (Fsp3) is 0.500. The van der Waals surface area contributed by atoms with Crippen LogP contribution in [0.2, 0.25) is 0 Å². The predicted molar refractivity (Wildman–Crippen MR) is 110 cm³/mol. The molecule has 0 aromatic carbocycles. The van der Waals surface area contributed by atoms with Crippen molar-refractivity contribution in [3.8, 4) is 0 Å². The number of likely N-dealkylation sites (tertiary alicyclic amines) is 1. The number of piperidine rings is 1. The fourth-order valence-corrected chi connectivity index (χ4v) is 5.22. The first kappa shape index (κ1) is 19.1. The molecule has 0 radical (unpaired) electrons. The summed E-state index contributed by atoms with van der Waals surface area (Å²) in [6.07, 6.45) is 6.37. The molecule has 0 saturated carbocycles. The molecular formula is C22H27N3O2S. The maximum absolute atomic E-state index is 12.8. The van der Waals surface area contributed by atoms with Crippen LogP contribution in [0.15, 0.2) is 30.5 Å². The second-order valence-electron chi connectivity index (χ2n) is 8.01. The molecule has 0 unspecified atom stereocenters. The molecule has 5 nitrogen and oxygen atoms in total. The van der Waals surface area contributed by atoms with Crippen molar-refractivity contribution >= 4 is 23.2 Å². The molecule has 1 N–H and O–H groups in total. The Bertz CT molecular complexity index is 841. The zero-order chi connectivity index (χ0) is 19.5. The van der Waals surface area contributed by atoms with Gasteiger partial charge in [0.2, 0.25) is 5.91 Å². The van der Waals surface area contributed by atoms with Crippen molar-refractivity contribution in [1.29, 1.82) is 0 Å². The SMILES string of the molecule is CC1CCN(C(=O)c2cc3c(s2)CC[C@H](C(=O)NCc2ccccn2)C3)CC1. The summed E-state index contributed by atoms with van der Waals surface area (Å²) >= 11 is 1.63. The molecule has 28 heavy (non-hydrogen) atoms. The second kappa shape index (κ2) is 8.43. The Hall–Kier alpha value is -2.21. The van der Waals surface area contributed by atoms with E-state index in [1.165, 1.54) is 10.4 Å². The number of pyridine rings is 1. The number of carbonyl (C=O) groups excluding carboxylic acids is 2. The molecule has 1 fully saturated rings. The number of nitrogens with one attached hydrogen (secondary N) is 1. The number of hydrogen-bond donors (Lipinski definition) is 1. The monoisotopic (exact) mass is 397 g/mol. The first-order valence-electron chi connectivity index (χ1n) is 10.2. The Morgan fingerprint density at radius 2 is 2.07 bits per heavy atom. The Labute approximate surface area is 170 Å². The highest BCUT2D eigenvalue weighted by molar-refractivity contribution is 7.14. The smallest absolute Gasteiger partial charge is 0.263 e. The molecule has 2 aliphatic rings. The quantitative estimate of drug-likeness (QED) is 0.860. The Balaban J connectivity index is 1.36. The van der Waals surface area contributed by atoms with Crippen LogP contribution in [0.1, 0.15) is 52.0 Å². The lowest BCUT2D eigenvalue weighted by molar-refractivity contribution is -0.125. The number of fused-ring (bicyclic) bond motifs is 1. The van der Waals surface area contributed by atoms with Gasteiger partial charge in [-0.3, -0.25) is 14.6 Å². The Morgan fingerprint density at radius 1 is 1.25 bits per heavy atom. The van der Waals surface area contributed by atoms with E-state index < -0.39 is 0 Å². The van der Waals surface area contributed by atoms with Gasteiger partial charge in [-0.1, -0.05) is 13.0 Å².